The number of carbonyl (C=O) groups excluding carboxylic acids is 3. The Hall–Kier alpha value is -2.17. The summed E-state index contributed by atoms with van der Waals surface area (Å²) in [5.74, 6) is 0.0185. The molecule has 1 aromatic rings. The van der Waals surface area contributed by atoms with Crippen LogP contribution in [-0.2, 0) is 25.5 Å². The summed E-state index contributed by atoms with van der Waals surface area (Å²) >= 11 is 0. The van der Waals surface area contributed by atoms with Gasteiger partial charge in [0.1, 0.15) is 5.78 Å². The third kappa shape index (κ3) is 5.21. The number of carbonyl (C=O) groups is 3. The summed E-state index contributed by atoms with van der Waals surface area (Å²) in [6.45, 7) is 4.59. The molecule has 152 valence electrons. The second-order valence-corrected chi connectivity index (χ2v) is 8.50. The molecule has 0 aliphatic heterocycles. The van der Waals surface area contributed by atoms with Crippen LogP contribution in [0.1, 0.15) is 63.0 Å². The van der Waals surface area contributed by atoms with Crippen LogP contribution in [0.25, 0.3) is 0 Å². The zero-order chi connectivity index (χ0) is 20.1. The van der Waals surface area contributed by atoms with E-state index in [1.165, 1.54) is 11.1 Å². The monoisotopic (exact) mass is 385 g/mol. The number of hydrogen-bond donors (Lipinski definition) is 1. The molecule has 1 amide bonds. The van der Waals surface area contributed by atoms with Crippen LogP contribution < -0.4 is 5.32 Å². The Morgan fingerprint density at radius 2 is 1.75 bits per heavy atom. The molecule has 0 radical (unpaired) electrons. The van der Waals surface area contributed by atoms with Gasteiger partial charge in [-0.3, -0.25) is 14.4 Å². The number of rotatable bonds is 7. The average Bonchev–Trinajstić information content (AvgIpc) is 2.66. The largest absolute Gasteiger partial charge is 0.455 e. The first-order valence-electron chi connectivity index (χ1n) is 10.5. The summed E-state index contributed by atoms with van der Waals surface area (Å²) in [6, 6.07) is 8.41. The normalized spacial score (nSPS) is 24.1. The molecule has 1 aromatic carbocycles. The molecule has 28 heavy (non-hydrogen) atoms. The summed E-state index contributed by atoms with van der Waals surface area (Å²) in [4.78, 5) is 36.4. The van der Waals surface area contributed by atoms with Crippen molar-refractivity contribution in [3.63, 3.8) is 0 Å². The van der Waals surface area contributed by atoms with Crippen molar-refractivity contribution < 1.29 is 19.1 Å². The Morgan fingerprint density at radius 1 is 1.11 bits per heavy atom. The van der Waals surface area contributed by atoms with Crippen molar-refractivity contribution in [3.8, 4) is 0 Å². The van der Waals surface area contributed by atoms with Crippen LogP contribution in [0.5, 0.6) is 0 Å². The highest BCUT2D eigenvalue weighted by Crippen LogP contribution is 2.40. The summed E-state index contributed by atoms with van der Waals surface area (Å²) in [5.41, 5.74) is 2.47. The number of ketones is 1. The van der Waals surface area contributed by atoms with E-state index >= 15 is 0 Å². The second-order valence-electron chi connectivity index (χ2n) is 8.50. The maximum absolute atomic E-state index is 12.3. The van der Waals surface area contributed by atoms with Crippen LogP contribution in [0.4, 0.5) is 0 Å². The van der Waals surface area contributed by atoms with Crippen molar-refractivity contribution in [2.24, 2.45) is 17.8 Å². The Morgan fingerprint density at radius 3 is 2.36 bits per heavy atom. The van der Waals surface area contributed by atoms with Gasteiger partial charge in [0.2, 0.25) is 0 Å². The van der Waals surface area contributed by atoms with Crippen LogP contribution in [0.15, 0.2) is 24.3 Å². The molecular weight excluding hydrogens is 354 g/mol. The van der Waals surface area contributed by atoms with Crippen LogP contribution in [-0.4, -0.2) is 30.8 Å². The predicted molar refractivity (Wildman–Crippen MR) is 107 cm³/mol. The average molecular weight is 386 g/mol. The SMILES string of the molecule is CC(C)c1ccc(CCNC(=O)COC(=O)C2C[C@H]3CCC[C@@H](C2)C3=O)cc1. The molecule has 3 atom stereocenters. The minimum atomic E-state index is -0.330. The Kier molecular flexibility index (Phi) is 6.87. The van der Waals surface area contributed by atoms with Crippen LogP contribution in [0.2, 0.25) is 0 Å². The zero-order valence-electron chi connectivity index (χ0n) is 16.9. The molecule has 0 spiro atoms. The van der Waals surface area contributed by atoms with Gasteiger partial charge in [-0.15, -0.1) is 0 Å². The van der Waals surface area contributed by atoms with Gasteiger partial charge in [-0.05, 0) is 49.1 Å². The lowest BCUT2D eigenvalue weighted by molar-refractivity contribution is -0.156. The number of ether oxygens (including phenoxy) is 1. The van der Waals surface area contributed by atoms with Gasteiger partial charge >= 0.3 is 5.97 Å². The maximum atomic E-state index is 12.3. The molecule has 1 unspecified atom stereocenters. The Balaban J connectivity index is 1.36. The van der Waals surface area contributed by atoms with Gasteiger partial charge in [0, 0.05) is 18.4 Å². The number of benzene rings is 1. The molecule has 3 rings (SSSR count). The number of esters is 1. The lowest BCUT2D eigenvalue weighted by atomic mass is 9.67. The summed E-state index contributed by atoms with van der Waals surface area (Å²) in [6.07, 6.45) is 4.76. The van der Waals surface area contributed by atoms with Gasteiger partial charge in [-0.2, -0.15) is 0 Å². The lowest BCUT2D eigenvalue weighted by Crippen LogP contribution is -2.40. The number of hydrogen-bond acceptors (Lipinski definition) is 4. The molecule has 2 fully saturated rings. The van der Waals surface area contributed by atoms with E-state index in [4.69, 9.17) is 4.74 Å². The fraction of sp³-hybridized carbons (Fsp3) is 0.609. The quantitative estimate of drug-likeness (QED) is 0.730. The fourth-order valence-corrected chi connectivity index (χ4v) is 4.39. The molecule has 1 N–H and O–H groups in total. The molecule has 2 aliphatic rings. The molecule has 5 heteroatoms. The molecule has 2 saturated carbocycles. The summed E-state index contributed by atoms with van der Waals surface area (Å²) < 4.78 is 5.23. The van der Waals surface area contributed by atoms with Crippen LogP contribution >= 0.6 is 0 Å². The summed E-state index contributed by atoms with van der Waals surface area (Å²) in [7, 11) is 0. The van der Waals surface area contributed by atoms with E-state index in [1.54, 1.807) is 0 Å². The van der Waals surface area contributed by atoms with Crippen molar-refractivity contribution in [2.45, 2.75) is 58.3 Å². The number of Topliss-reactive ketones (excluding diaryl/α,β-unsaturated/α-hetero) is 1. The van der Waals surface area contributed by atoms with Gasteiger partial charge in [-0.1, -0.05) is 44.5 Å². The number of amides is 1. The maximum Gasteiger partial charge on any atom is 0.309 e. The van der Waals surface area contributed by atoms with Crippen LogP contribution in [0.3, 0.4) is 0 Å². The minimum absolute atomic E-state index is 0.0148. The van der Waals surface area contributed by atoms with Crippen molar-refractivity contribution in [1.29, 1.82) is 0 Å². The van der Waals surface area contributed by atoms with E-state index in [1.807, 2.05) is 0 Å². The van der Waals surface area contributed by atoms with E-state index in [9.17, 15) is 14.4 Å². The van der Waals surface area contributed by atoms with E-state index in [2.05, 4.69) is 43.4 Å². The van der Waals surface area contributed by atoms with Gasteiger partial charge in [0.05, 0.1) is 5.92 Å². The van der Waals surface area contributed by atoms with Crippen molar-refractivity contribution in [3.05, 3.63) is 35.4 Å². The molecule has 0 saturated heterocycles. The minimum Gasteiger partial charge on any atom is -0.455 e. The van der Waals surface area contributed by atoms with Gasteiger partial charge in [0.25, 0.3) is 5.91 Å². The van der Waals surface area contributed by atoms with Crippen molar-refractivity contribution in [1.82, 2.24) is 5.32 Å². The van der Waals surface area contributed by atoms with E-state index < -0.39 is 0 Å². The molecular formula is C23H31NO4. The second kappa shape index (κ2) is 9.35. The molecule has 0 heterocycles. The standard InChI is InChI=1S/C23H31NO4/c1-15(2)17-8-6-16(7-9-17)10-11-24-21(25)14-28-23(27)20-12-18-4-3-5-19(13-20)22(18)26/h6-9,15,18-20H,3-5,10-14H2,1-2H3,(H,24,25)/t18-,19+,20?. The highest BCUT2D eigenvalue weighted by atomic mass is 16.5. The highest BCUT2D eigenvalue weighted by Gasteiger charge is 2.41. The number of nitrogens with one attached hydrogen (secondary N) is 1. The molecule has 2 bridgehead atoms. The first kappa shape index (κ1) is 20.6. The smallest absolute Gasteiger partial charge is 0.309 e. The summed E-state index contributed by atoms with van der Waals surface area (Å²) in [5, 5.41) is 2.80. The first-order valence-corrected chi connectivity index (χ1v) is 10.5. The van der Waals surface area contributed by atoms with Crippen molar-refractivity contribution >= 4 is 17.7 Å². The van der Waals surface area contributed by atoms with Gasteiger partial charge < -0.3 is 10.1 Å². The van der Waals surface area contributed by atoms with Gasteiger partial charge in [-0.25, -0.2) is 0 Å². The predicted octanol–water partition coefficient (Wildman–Crippen LogP) is 3.41. The third-order valence-corrected chi connectivity index (χ3v) is 6.11. The molecule has 5 nitrogen and oxygen atoms in total. The number of fused-ring (bicyclic) bond motifs is 2. The highest BCUT2D eigenvalue weighted by molar-refractivity contribution is 5.87. The Labute approximate surface area is 167 Å². The lowest BCUT2D eigenvalue weighted by Gasteiger charge is -2.36. The van der Waals surface area contributed by atoms with E-state index in [0.29, 0.717) is 31.1 Å². The Bertz CT molecular complexity index is 694. The van der Waals surface area contributed by atoms with Gasteiger partial charge in [0.15, 0.2) is 6.61 Å². The topological polar surface area (TPSA) is 72.5 Å². The fourth-order valence-electron chi connectivity index (χ4n) is 4.39. The molecule has 2 aliphatic carbocycles. The molecule has 0 aromatic heterocycles. The van der Waals surface area contributed by atoms with E-state index in [0.717, 1.165) is 25.7 Å². The van der Waals surface area contributed by atoms with Crippen molar-refractivity contribution in [2.75, 3.05) is 13.2 Å². The zero-order valence-corrected chi connectivity index (χ0v) is 16.9. The van der Waals surface area contributed by atoms with Crippen LogP contribution in [0, 0.1) is 17.8 Å². The van der Waals surface area contributed by atoms with E-state index in [-0.39, 0.29) is 36.2 Å². The third-order valence-electron chi connectivity index (χ3n) is 6.11. The first-order chi connectivity index (χ1) is 13.4.